The minimum Gasteiger partial charge on any atom is -0.496 e. The molecule has 2 aromatic rings. The first-order valence-electron chi connectivity index (χ1n) is 11.8. The maximum Gasteiger partial charge on any atom is 0.254 e. The topological polar surface area (TPSA) is 60.0 Å². The third-order valence-electron chi connectivity index (χ3n) is 6.35. The van der Waals surface area contributed by atoms with Crippen LogP contribution in [-0.4, -0.2) is 63.9 Å². The Bertz CT molecular complexity index is 872. The molecular weight excluding hydrogens is 416 g/mol. The molecule has 3 rings (SSSR count). The first kappa shape index (κ1) is 25.2. The van der Waals surface area contributed by atoms with Gasteiger partial charge in [-0.3, -0.25) is 4.79 Å². The highest BCUT2D eigenvalue weighted by molar-refractivity contribution is 5.94. The van der Waals surface area contributed by atoms with Crippen molar-refractivity contribution in [1.29, 1.82) is 0 Å². The molecule has 2 aromatic carbocycles. The van der Waals surface area contributed by atoms with Crippen molar-refractivity contribution in [2.75, 3.05) is 47.1 Å². The van der Waals surface area contributed by atoms with Gasteiger partial charge in [-0.05, 0) is 69.0 Å². The summed E-state index contributed by atoms with van der Waals surface area (Å²) in [5.41, 5.74) is 2.89. The SMILES string of the molecule is COCCOCc1cc(C(=O)N(CC2CNCC2Cc2ccccc2)C(C)C)ccc1OC. The summed E-state index contributed by atoms with van der Waals surface area (Å²) in [4.78, 5) is 15.6. The summed E-state index contributed by atoms with van der Waals surface area (Å²) >= 11 is 0. The maximum atomic E-state index is 13.6. The predicted octanol–water partition coefficient (Wildman–Crippen LogP) is 3.79. The van der Waals surface area contributed by atoms with E-state index in [0.29, 0.717) is 37.2 Å². The Morgan fingerprint density at radius 3 is 2.52 bits per heavy atom. The predicted molar refractivity (Wildman–Crippen MR) is 131 cm³/mol. The lowest BCUT2D eigenvalue weighted by molar-refractivity contribution is 0.0604. The van der Waals surface area contributed by atoms with E-state index < -0.39 is 0 Å². The summed E-state index contributed by atoms with van der Waals surface area (Å²) in [6, 6.07) is 16.3. The van der Waals surface area contributed by atoms with Gasteiger partial charge >= 0.3 is 0 Å². The molecule has 1 amide bonds. The highest BCUT2D eigenvalue weighted by Gasteiger charge is 2.31. The molecule has 0 radical (unpaired) electrons. The number of nitrogens with zero attached hydrogens (tertiary/aromatic N) is 1. The third-order valence-corrected chi connectivity index (χ3v) is 6.35. The van der Waals surface area contributed by atoms with Gasteiger partial charge in [0.05, 0.1) is 26.9 Å². The minimum absolute atomic E-state index is 0.0520. The van der Waals surface area contributed by atoms with E-state index in [4.69, 9.17) is 14.2 Å². The molecule has 1 heterocycles. The first-order valence-corrected chi connectivity index (χ1v) is 11.8. The van der Waals surface area contributed by atoms with Gasteiger partial charge in [-0.1, -0.05) is 30.3 Å². The van der Waals surface area contributed by atoms with Gasteiger partial charge in [0.15, 0.2) is 0 Å². The highest BCUT2D eigenvalue weighted by atomic mass is 16.5. The van der Waals surface area contributed by atoms with Crippen LogP contribution in [0.5, 0.6) is 5.75 Å². The molecule has 1 aliphatic rings. The van der Waals surface area contributed by atoms with Crippen LogP contribution in [-0.2, 0) is 22.5 Å². The quantitative estimate of drug-likeness (QED) is 0.495. The van der Waals surface area contributed by atoms with E-state index in [2.05, 4.69) is 49.5 Å². The molecule has 33 heavy (non-hydrogen) atoms. The molecular formula is C27H38N2O4. The maximum absolute atomic E-state index is 13.6. The molecule has 1 fully saturated rings. The Morgan fingerprint density at radius 1 is 1.06 bits per heavy atom. The largest absolute Gasteiger partial charge is 0.496 e. The number of hydrogen-bond donors (Lipinski definition) is 1. The van der Waals surface area contributed by atoms with Crippen LogP contribution in [0.4, 0.5) is 0 Å². The Morgan fingerprint density at radius 2 is 1.82 bits per heavy atom. The number of rotatable bonds is 12. The first-order chi connectivity index (χ1) is 16.0. The molecule has 1 aliphatic heterocycles. The second-order valence-corrected chi connectivity index (χ2v) is 8.99. The van der Waals surface area contributed by atoms with Gasteiger partial charge in [0.25, 0.3) is 5.91 Å². The number of amides is 1. The van der Waals surface area contributed by atoms with Crippen LogP contribution in [0.15, 0.2) is 48.5 Å². The monoisotopic (exact) mass is 454 g/mol. The Kier molecular flexibility index (Phi) is 9.73. The molecule has 0 bridgehead atoms. The fourth-order valence-electron chi connectivity index (χ4n) is 4.45. The third kappa shape index (κ3) is 7.03. The number of hydrogen-bond acceptors (Lipinski definition) is 5. The number of ether oxygens (including phenoxy) is 3. The van der Waals surface area contributed by atoms with Crippen LogP contribution in [0.25, 0.3) is 0 Å². The number of nitrogens with one attached hydrogen (secondary N) is 1. The summed E-state index contributed by atoms with van der Waals surface area (Å²) in [6.45, 7) is 8.25. The van der Waals surface area contributed by atoms with E-state index in [-0.39, 0.29) is 11.9 Å². The molecule has 2 unspecified atom stereocenters. The van der Waals surface area contributed by atoms with Crippen LogP contribution >= 0.6 is 0 Å². The van der Waals surface area contributed by atoms with Gasteiger partial charge in [0.2, 0.25) is 0 Å². The number of carbonyl (C=O) groups excluding carboxylic acids is 1. The Hall–Kier alpha value is -2.41. The summed E-state index contributed by atoms with van der Waals surface area (Å²) < 4.78 is 16.2. The fourth-order valence-corrected chi connectivity index (χ4v) is 4.45. The number of carbonyl (C=O) groups is 1. The standard InChI is InChI=1S/C27H38N2O4/c1-20(2)29(18-25-17-28-16-23(25)14-21-8-6-5-7-9-21)27(30)22-10-11-26(32-4)24(15-22)19-33-13-12-31-3/h5-11,15,20,23,25,28H,12-14,16-19H2,1-4H3. The smallest absolute Gasteiger partial charge is 0.254 e. The van der Waals surface area contributed by atoms with E-state index in [9.17, 15) is 4.79 Å². The molecule has 2 atom stereocenters. The lowest BCUT2D eigenvalue weighted by Gasteiger charge is -2.32. The average molecular weight is 455 g/mol. The highest BCUT2D eigenvalue weighted by Crippen LogP contribution is 2.26. The van der Waals surface area contributed by atoms with Gasteiger partial charge < -0.3 is 24.4 Å². The van der Waals surface area contributed by atoms with Crippen molar-refractivity contribution in [3.05, 3.63) is 65.2 Å². The lowest BCUT2D eigenvalue weighted by Crippen LogP contribution is -2.42. The molecule has 0 spiro atoms. The van der Waals surface area contributed by atoms with Crippen molar-refractivity contribution in [2.45, 2.75) is 32.9 Å². The van der Waals surface area contributed by atoms with E-state index in [1.165, 1.54) is 5.56 Å². The average Bonchev–Trinajstić information content (AvgIpc) is 3.26. The van der Waals surface area contributed by atoms with Gasteiger partial charge in [0.1, 0.15) is 5.75 Å². The zero-order valence-corrected chi connectivity index (χ0v) is 20.4. The van der Waals surface area contributed by atoms with E-state index in [1.807, 2.05) is 23.1 Å². The van der Waals surface area contributed by atoms with Gasteiger partial charge in [-0.2, -0.15) is 0 Å². The molecule has 1 saturated heterocycles. The second-order valence-electron chi connectivity index (χ2n) is 8.99. The summed E-state index contributed by atoms with van der Waals surface area (Å²) in [6.07, 6.45) is 1.03. The van der Waals surface area contributed by atoms with Crippen molar-refractivity contribution in [3.8, 4) is 5.75 Å². The molecule has 0 aromatic heterocycles. The Balaban J connectivity index is 1.71. The molecule has 0 saturated carbocycles. The van der Waals surface area contributed by atoms with Gasteiger partial charge in [0, 0.05) is 30.8 Å². The molecule has 6 nitrogen and oxygen atoms in total. The van der Waals surface area contributed by atoms with E-state index in [1.54, 1.807) is 14.2 Å². The van der Waals surface area contributed by atoms with E-state index >= 15 is 0 Å². The van der Waals surface area contributed by atoms with Crippen LogP contribution < -0.4 is 10.1 Å². The minimum atomic E-state index is 0.0520. The van der Waals surface area contributed by atoms with Crippen molar-refractivity contribution in [3.63, 3.8) is 0 Å². The van der Waals surface area contributed by atoms with Crippen molar-refractivity contribution in [2.24, 2.45) is 11.8 Å². The molecule has 180 valence electrons. The number of methoxy groups -OCH3 is 2. The van der Waals surface area contributed by atoms with E-state index in [0.717, 1.165) is 37.4 Å². The zero-order chi connectivity index (χ0) is 23.6. The molecule has 1 N–H and O–H groups in total. The van der Waals surface area contributed by atoms with Gasteiger partial charge in [-0.25, -0.2) is 0 Å². The van der Waals surface area contributed by atoms with Gasteiger partial charge in [-0.15, -0.1) is 0 Å². The number of benzene rings is 2. The van der Waals surface area contributed by atoms with Crippen LogP contribution in [0.3, 0.4) is 0 Å². The second kappa shape index (κ2) is 12.7. The lowest BCUT2D eigenvalue weighted by atomic mass is 9.89. The normalized spacial score (nSPS) is 18.0. The summed E-state index contributed by atoms with van der Waals surface area (Å²) in [7, 11) is 3.28. The zero-order valence-electron chi connectivity index (χ0n) is 20.4. The van der Waals surface area contributed by atoms with Crippen LogP contribution in [0.2, 0.25) is 0 Å². The van der Waals surface area contributed by atoms with Crippen molar-refractivity contribution < 1.29 is 19.0 Å². The summed E-state index contributed by atoms with van der Waals surface area (Å²) in [5.74, 6) is 1.72. The fraction of sp³-hybridized carbons (Fsp3) is 0.519. The van der Waals surface area contributed by atoms with Crippen molar-refractivity contribution >= 4 is 5.91 Å². The molecule has 0 aliphatic carbocycles. The van der Waals surface area contributed by atoms with Crippen molar-refractivity contribution in [1.82, 2.24) is 10.2 Å². The van der Waals surface area contributed by atoms with Crippen LogP contribution in [0, 0.1) is 11.8 Å². The molecule has 6 heteroatoms. The summed E-state index contributed by atoms with van der Waals surface area (Å²) in [5, 5.41) is 3.54. The van der Waals surface area contributed by atoms with Crippen LogP contribution in [0.1, 0.15) is 35.3 Å². The Labute approximate surface area is 198 Å².